The van der Waals surface area contributed by atoms with Gasteiger partial charge in [0.05, 0.1) is 17.0 Å². The van der Waals surface area contributed by atoms with E-state index in [0.717, 1.165) is 0 Å². The van der Waals surface area contributed by atoms with Gasteiger partial charge in [0.25, 0.3) is 0 Å². The second-order valence-electron chi connectivity index (χ2n) is 3.58. The fourth-order valence-electron chi connectivity index (χ4n) is 1.25. The van der Waals surface area contributed by atoms with Crippen molar-refractivity contribution >= 4 is 32.2 Å². The minimum atomic E-state index is -2.98. The van der Waals surface area contributed by atoms with E-state index in [1.165, 1.54) is 24.7 Å². The predicted octanol–water partition coefficient (Wildman–Crippen LogP) is 1.11. The Hall–Kier alpha value is -0.950. The van der Waals surface area contributed by atoms with Crippen LogP contribution in [0.15, 0.2) is 0 Å². The number of rotatable bonds is 5. The Morgan fingerprint density at radius 1 is 1.50 bits per heavy atom. The van der Waals surface area contributed by atoms with Crippen molar-refractivity contribution < 1.29 is 13.2 Å². The summed E-state index contributed by atoms with van der Waals surface area (Å²) in [7, 11) is -2.98. The van der Waals surface area contributed by atoms with Crippen molar-refractivity contribution in [2.24, 2.45) is 0 Å². The number of nitrogens with zero attached hydrogens (tertiary/aromatic N) is 1. The van der Waals surface area contributed by atoms with E-state index in [9.17, 15) is 13.2 Å². The van der Waals surface area contributed by atoms with E-state index in [-0.39, 0.29) is 11.5 Å². The van der Waals surface area contributed by atoms with Crippen LogP contribution in [0.4, 0.5) is 5.00 Å². The van der Waals surface area contributed by atoms with Crippen molar-refractivity contribution in [1.29, 1.82) is 0 Å². The highest BCUT2D eigenvalue weighted by Gasteiger charge is 2.14. The second kappa shape index (κ2) is 4.92. The molecule has 5 nitrogen and oxygen atoms in total. The molecular weight excluding hydrogens is 248 g/mol. The second-order valence-corrected chi connectivity index (χ2v) is 6.62. The van der Waals surface area contributed by atoms with Gasteiger partial charge in [0.2, 0.25) is 0 Å². The minimum Gasteiger partial charge on any atom is -0.374 e. The Kier molecular flexibility index (Phi) is 4.03. The number of nitrogens with one attached hydrogen (secondary N) is 1. The molecule has 0 amide bonds. The Morgan fingerprint density at radius 3 is 2.62 bits per heavy atom. The molecule has 0 aliphatic rings. The number of anilines is 1. The predicted molar refractivity (Wildman–Crippen MR) is 65.1 cm³/mol. The molecule has 0 aromatic carbocycles. The number of aryl methyl sites for hydroxylation is 1. The summed E-state index contributed by atoms with van der Waals surface area (Å²) in [5.74, 6) is -0.0190. The van der Waals surface area contributed by atoms with Crippen LogP contribution in [0.1, 0.15) is 23.0 Å². The van der Waals surface area contributed by atoms with Crippen LogP contribution in [0.2, 0.25) is 0 Å². The van der Waals surface area contributed by atoms with E-state index in [4.69, 9.17) is 0 Å². The van der Waals surface area contributed by atoms with Gasteiger partial charge in [-0.2, -0.15) is 4.37 Å². The summed E-state index contributed by atoms with van der Waals surface area (Å²) in [5, 5.41) is 3.57. The molecule has 0 radical (unpaired) electrons. The first-order valence-corrected chi connectivity index (χ1v) is 7.53. The quantitative estimate of drug-likeness (QED) is 0.804. The lowest BCUT2D eigenvalue weighted by molar-refractivity contribution is 0.101. The van der Waals surface area contributed by atoms with Gasteiger partial charge in [0.15, 0.2) is 5.78 Å². The molecule has 90 valence electrons. The summed E-state index contributed by atoms with van der Waals surface area (Å²) in [6.07, 6.45) is 1.18. The van der Waals surface area contributed by atoms with Gasteiger partial charge in [-0.25, -0.2) is 8.42 Å². The van der Waals surface area contributed by atoms with Gasteiger partial charge < -0.3 is 5.32 Å². The van der Waals surface area contributed by atoms with Crippen molar-refractivity contribution in [2.45, 2.75) is 13.8 Å². The molecule has 1 heterocycles. The van der Waals surface area contributed by atoms with Crippen LogP contribution in [-0.4, -0.2) is 37.1 Å². The van der Waals surface area contributed by atoms with Gasteiger partial charge in [-0.15, -0.1) is 0 Å². The zero-order chi connectivity index (χ0) is 12.3. The van der Waals surface area contributed by atoms with Crippen LogP contribution in [0, 0.1) is 6.92 Å². The number of aromatic nitrogens is 1. The molecule has 0 atom stereocenters. The molecule has 0 spiro atoms. The molecule has 0 aliphatic carbocycles. The van der Waals surface area contributed by atoms with Crippen LogP contribution in [-0.2, 0) is 9.84 Å². The highest BCUT2D eigenvalue weighted by Crippen LogP contribution is 2.24. The SMILES string of the molecule is CC(=O)c1c(C)nsc1NCCS(C)(=O)=O. The summed E-state index contributed by atoms with van der Waals surface area (Å²) in [6, 6.07) is 0. The molecule has 1 rings (SSSR count). The average molecular weight is 262 g/mol. The highest BCUT2D eigenvalue weighted by molar-refractivity contribution is 7.90. The number of hydrogen-bond acceptors (Lipinski definition) is 6. The largest absolute Gasteiger partial charge is 0.374 e. The molecule has 0 aliphatic heterocycles. The normalized spacial score (nSPS) is 11.4. The average Bonchev–Trinajstić information content (AvgIpc) is 2.44. The number of carbonyl (C=O) groups is 1. The van der Waals surface area contributed by atoms with Gasteiger partial charge in [-0.3, -0.25) is 4.79 Å². The Labute approximate surface area is 99.0 Å². The van der Waals surface area contributed by atoms with Gasteiger partial charge in [0, 0.05) is 12.8 Å². The summed E-state index contributed by atoms with van der Waals surface area (Å²) >= 11 is 1.18. The Morgan fingerprint density at radius 2 is 2.12 bits per heavy atom. The third-order valence-corrected chi connectivity index (χ3v) is 3.82. The van der Waals surface area contributed by atoms with Crippen LogP contribution >= 0.6 is 11.5 Å². The van der Waals surface area contributed by atoms with Crippen molar-refractivity contribution in [3.8, 4) is 0 Å². The zero-order valence-corrected chi connectivity index (χ0v) is 11.0. The third kappa shape index (κ3) is 3.57. The van der Waals surface area contributed by atoms with Crippen LogP contribution < -0.4 is 5.32 Å². The van der Waals surface area contributed by atoms with Crippen LogP contribution in [0.5, 0.6) is 0 Å². The minimum absolute atomic E-state index is 0.0429. The molecule has 0 unspecified atom stereocenters. The smallest absolute Gasteiger partial charge is 0.164 e. The number of sulfone groups is 1. The molecule has 0 fully saturated rings. The van der Waals surface area contributed by atoms with E-state index in [1.807, 2.05) is 0 Å². The fourth-order valence-corrected chi connectivity index (χ4v) is 2.60. The topological polar surface area (TPSA) is 76.1 Å². The summed E-state index contributed by atoms with van der Waals surface area (Å²) in [4.78, 5) is 11.3. The maximum atomic E-state index is 11.3. The Balaban J connectivity index is 2.72. The lowest BCUT2D eigenvalue weighted by Crippen LogP contribution is -2.14. The van der Waals surface area contributed by atoms with Crippen LogP contribution in [0.25, 0.3) is 0 Å². The maximum Gasteiger partial charge on any atom is 0.164 e. The monoisotopic (exact) mass is 262 g/mol. The lowest BCUT2D eigenvalue weighted by Gasteiger charge is -2.04. The Bertz CT molecular complexity index is 491. The maximum absolute atomic E-state index is 11.3. The zero-order valence-electron chi connectivity index (χ0n) is 9.40. The van der Waals surface area contributed by atoms with Crippen molar-refractivity contribution in [3.05, 3.63) is 11.3 Å². The first-order valence-electron chi connectivity index (χ1n) is 4.70. The summed E-state index contributed by atoms with van der Waals surface area (Å²) < 4.78 is 25.9. The first-order chi connectivity index (χ1) is 7.31. The van der Waals surface area contributed by atoms with E-state index >= 15 is 0 Å². The van der Waals surface area contributed by atoms with E-state index in [0.29, 0.717) is 22.8 Å². The lowest BCUT2D eigenvalue weighted by atomic mass is 10.2. The molecule has 16 heavy (non-hydrogen) atoms. The molecule has 1 aromatic rings. The summed E-state index contributed by atoms with van der Waals surface area (Å²) in [6.45, 7) is 3.52. The van der Waals surface area contributed by atoms with Crippen LogP contribution in [0.3, 0.4) is 0 Å². The van der Waals surface area contributed by atoms with E-state index in [2.05, 4.69) is 9.69 Å². The number of ketones is 1. The molecule has 0 bridgehead atoms. The number of hydrogen-bond donors (Lipinski definition) is 1. The van der Waals surface area contributed by atoms with Crippen molar-refractivity contribution in [1.82, 2.24) is 4.37 Å². The number of Topliss-reactive ketones (excluding diaryl/α,β-unsaturated/α-hetero) is 1. The van der Waals surface area contributed by atoms with E-state index in [1.54, 1.807) is 6.92 Å². The van der Waals surface area contributed by atoms with Gasteiger partial charge >= 0.3 is 0 Å². The van der Waals surface area contributed by atoms with E-state index < -0.39 is 9.84 Å². The molecule has 7 heteroatoms. The molecule has 1 aromatic heterocycles. The number of carbonyl (C=O) groups excluding carboxylic acids is 1. The van der Waals surface area contributed by atoms with Crippen molar-refractivity contribution in [2.75, 3.05) is 23.9 Å². The molecule has 1 N–H and O–H groups in total. The first kappa shape index (κ1) is 13.1. The van der Waals surface area contributed by atoms with Gasteiger partial charge in [0.1, 0.15) is 14.8 Å². The molecular formula is C9H14N2O3S2. The standard InChI is InChI=1S/C9H14N2O3S2/c1-6-8(7(2)12)9(15-11-6)10-4-5-16(3,13)14/h10H,4-5H2,1-3H3. The van der Waals surface area contributed by atoms with Gasteiger partial charge in [-0.05, 0) is 25.4 Å². The third-order valence-electron chi connectivity index (χ3n) is 1.97. The fraction of sp³-hybridized carbons (Fsp3) is 0.556. The van der Waals surface area contributed by atoms with Gasteiger partial charge in [-0.1, -0.05) is 0 Å². The molecule has 0 saturated carbocycles. The van der Waals surface area contributed by atoms with Crippen molar-refractivity contribution in [3.63, 3.8) is 0 Å². The molecule has 0 saturated heterocycles. The summed E-state index contributed by atoms with van der Waals surface area (Å²) in [5.41, 5.74) is 1.23. The highest BCUT2D eigenvalue weighted by atomic mass is 32.2.